The Hall–Kier alpha value is -3.02. The second-order valence-corrected chi connectivity index (χ2v) is 10.9. The van der Waals surface area contributed by atoms with Crippen molar-refractivity contribution < 1.29 is 13.9 Å². The molecule has 1 heterocycles. The number of rotatable bonds is 12. The standard InChI is InChI=1S/C34H43FN2O2/c1-25(2)37(30-13-9-20-36-24-30)34(38)29-17-18-31(28(23-29)12-7-8-21-39-3)32-22-27(16-19-33(32)35)15-14-26-10-5-4-6-11-26/h4-6,10-11,16-19,22-23,25,30,36H,7-9,12-15,20-21,24H2,1-3H3. The summed E-state index contributed by atoms with van der Waals surface area (Å²) in [5.74, 6) is -0.173. The van der Waals surface area contributed by atoms with Crippen LogP contribution in [-0.4, -0.2) is 49.7 Å². The fourth-order valence-corrected chi connectivity index (χ4v) is 5.67. The molecule has 0 aliphatic carbocycles. The Balaban J connectivity index is 1.63. The second-order valence-electron chi connectivity index (χ2n) is 10.9. The minimum absolute atomic E-state index is 0.0560. The molecule has 3 aromatic carbocycles. The number of amides is 1. The van der Waals surface area contributed by atoms with Crippen LogP contribution in [0.15, 0.2) is 66.7 Å². The van der Waals surface area contributed by atoms with Gasteiger partial charge >= 0.3 is 0 Å². The van der Waals surface area contributed by atoms with Crippen molar-refractivity contribution in [3.8, 4) is 11.1 Å². The summed E-state index contributed by atoms with van der Waals surface area (Å²) in [4.78, 5) is 15.8. The summed E-state index contributed by atoms with van der Waals surface area (Å²) < 4.78 is 20.5. The fraction of sp³-hybridized carbons (Fsp3) is 0.441. The smallest absolute Gasteiger partial charge is 0.254 e. The molecular weight excluding hydrogens is 487 g/mol. The molecule has 4 nitrogen and oxygen atoms in total. The molecule has 1 unspecified atom stereocenters. The first-order valence-electron chi connectivity index (χ1n) is 14.5. The van der Waals surface area contributed by atoms with Crippen LogP contribution in [0, 0.1) is 5.82 Å². The highest BCUT2D eigenvalue weighted by atomic mass is 19.1. The van der Waals surface area contributed by atoms with E-state index < -0.39 is 0 Å². The zero-order valence-corrected chi connectivity index (χ0v) is 23.7. The van der Waals surface area contributed by atoms with Crippen molar-refractivity contribution in [2.75, 3.05) is 26.8 Å². The van der Waals surface area contributed by atoms with E-state index in [0.717, 1.165) is 74.7 Å². The summed E-state index contributed by atoms with van der Waals surface area (Å²) in [5, 5.41) is 3.44. The average molecular weight is 531 g/mol. The lowest BCUT2D eigenvalue weighted by Gasteiger charge is -2.37. The van der Waals surface area contributed by atoms with E-state index in [-0.39, 0.29) is 23.8 Å². The van der Waals surface area contributed by atoms with E-state index >= 15 is 4.39 Å². The summed E-state index contributed by atoms with van der Waals surface area (Å²) in [7, 11) is 1.71. The maximum absolute atomic E-state index is 15.3. The number of carbonyl (C=O) groups excluding carboxylic acids is 1. The third-order valence-electron chi connectivity index (χ3n) is 7.72. The number of nitrogens with one attached hydrogen (secondary N) is 1. The van der Waals surface area contributed by atoms with Gasteiger partial charge in [0.05, 0.1) is 0 Å². The van der Waals surface area contributed by atoms with Crippen LogP contribution in [0.1, 0.15) is 66.6 Å². The lowest BCUT2D eigenvalue weighted by molar-refractivity contribution is 0.0573. The molecule has 0 radical (unpaired) electrons. The Morgan fingerprint density at radius 3 is 2.49 bits per heavy atom. The molecule has 1 saturated heterocycles. The normalized spacial score (nSPS) is 15.5. The van der Waals surface area contributed by atoms with Crippen molar-refractivity contribution in [1.29, 1.82) is 0 Å². The Morgan fingerprint density at radius 1 is 0.974 bits per heavy atom. The molecule has 1 amide bonds. The highest BCUT2D eigenvalue weighted by molar-refractivity contribution is 5.95. The predicted octanol–water partition coefficient (Wildman–Crippen LogP) is 6.85. The number of aryl methyl sites for hydroxylation is 3. The third kappa shape index (κ3) is 7.77. The van der Waals surface area contributed by atoms with Crippen molar-refractivity contribution in [3.05, 3.63) is 94.8 Å². The van der Waals surface area contributed by atoms with E-state index in [1.54, 1.807) is 13.2 Å². The molecule has 1 N–H and O–H groups in total. The fourth-order valence-electron chi connectivity index (χ4n) is 5.67. The van der Waals surface area contributed by atoms with Crippen LogP contribution in [-0.2, 0) is 24.0 Å². The number of carbonyl (C=O) groups is 1. The molecule has 3 aromatic rings. The van der Waals surface area contributed by atoms with Gasteiger partial charge in [-0.25, -0.2) is 4.39 Å². The third-order valence-corrected chi connectivity index (χ3v) is 7.72. The Bertz CT molecular complexity index is 1210. The zero-order valence-electron chi connectivity index (χ0n) is 23.7. The SMILES string of the molecule is COCCCCc1cc(C(=O)N(C(C)C)C2CCCNC2)ccc1-c1cc(CCc2ccccc2)ccc1F. The van der Waals surface area contributed by atoms with Crippen molar-refractivity contribution >= 4 is 5.91 Å². The van der Waals surface area contributed by atoms with Crippen molar-refractivity contribution in [1.82, 2.24) is 10.2 Å². The largest absolute Gasteiger partial charge is 0.385 e. The van der Waals surface area contributed by atoms with Crippen LogP contribution >= 0.6 is 0 Å². The minimum Gasteiger partial charge on any atom is -0.385 e. The minimum atomic E-state index is -0.229. The number of benzene rings is 3. The van der Waals surface area contributed by atoms with E-state index in [1.165, 1.54) is 5.56 Å². The molecule has 1 fully saturated rings. The first kappa shape index (κ1) is 29.0. The molecule has 0 saturated carbocycles. The maximum Gasteiger partial charge on any atom is 0.254 e. The number of hydrogen-bond acceptors (Lipinski definition) is 3. The Kier molecular flexibility index (Phi) is 10.7. The lowest BCUT2D eigenvalue weighted by atomic mass is 9.91. The van der Waals surface area contributed by atoms with Crippen LogP contribution in [0.4, 0.5) is 4.39 Å². The van der Waals surface area contributed by atoms with E-state index in [1.807, 2.05) is 41.3 Å². The van der Waals surface area contributed by atoms with Gasteiger partial charge < -0.3 is 15.0 Å². The van der Waals surface area contributed by atoms with Crippen LogP contribution in [0.3, 0.4) is 0 Å². The number of ether oxygens (including phenoxy) is 1. The summed E-state index contributed by atoms with van der Waals surface area (Å²) in [6, 6.07) is 22.0. The lowest BCUT2D eigenvalue weighted by Crippen LogP contribution is -2.51. The number of piperidine rings is 1. The second kappa shape index (κ2) is 14.4. The summed E-state index contributed by atoms with van der Waals surface area (Å²) in [6.45, 7) is 6.69. The molecule has 4 rings (SSSR count). The number of hydrogen-bond donors (Lipinski definition) is 1. The number of unbranched alkanes of at least 4 members (excludes halogenated alkanes) is 1. The zero-order chi connectivity index (χ0) is 27.6. The van der Waals surface area contributed by atoms with E-state index in [0.29, 0.717) is 17.7 Å². The van der Waals surface area contributed by atoms with E-state index in [9.17, 15) is 4.79 Å². The van der Waals surface area contributed by atoms with Gasteiger partial charge in [0, 0.05) is 43.5 Å². The van der Waals surface area contributed by atoms with E-state index in [4.69, 9.17) is 4.74 Å². The monoisotopic (exact) mass is 530 g/mol. The van der Waals surface area contributed by atoms with Gasteiger partial charge in [-0.2, -0.15) is 0 Å². The topological polar surface area (TPSA) is 41.6 Å². The molecular formula is C34H43FN2O2. The molecule has 0 spiro atoms. The maximum atomic E-state index is 15.3. The van der Waals surface area contributed by atoms with Gasteiger partial charge in [0.1, 0.15) is 5.82 Å². The first-order chi connectivity index (χ1) is 19.0. The van der Waals surface area contributed by atoms with Gasteiger partial charge in [-0.3, -0.25) is 4.79 Å². The molecule has 0 aromatic heterocycles. The number of methoxy groups -OCH3 is 1. The van der Waals surface area contributed by atoms with Gasteiger partial charge in [-0.1, -0.05) is 42.5 Å². The van der Waals surface area contributed by atoms with Crippen molar-refractivity contribution in [2.45, 2.75) is 70.9 Å². The molecule has 1 atom stereocenters. The molecule has 39 heavy (non-hydrogen) atoms. The Labute approximate surface area is 233 Å². The van der Waals surface area contributed by atoms with Crippen LogP contribution < -0.4 is 5.32 Å². The van der Waals surface area contributed by atoms with Crippen LogP contribution in [0.5, 0.6) is 0 Å². The van der Waals surface area contributed by atoms with Gasteiger partial charge in [0.25, 0.3) is 5.91 Å². The molecule has 0 bridgehead atoms. The van der Waals surface area contributed by atoms with Crippen molar-refractivity contribution in [2.24, 2.45) is 0 Å². The molecule has 1 aliphatic heterocycles. The number of halogens is 1. The molecule has 1 aliphatic rings. The van der Waals surface area contributed by atoms with Crippen LogP contribution in [0.25, 0.3) is 11.1 Å². The van der Waals surface area contributed by atoms with Gasteiger partial charge in [0.2, 0.25) is 0 Å². The molecule has 5 heteroatoms. The Morgan fingerprint density at radius 2 is 1.77 bits per heavy atom. The highest BCUT2D eigenvalue weighted by Crippen LogP contribution is 2.31. The van der Waals surface area contributed by atoms with Gasteiger partial charge in [0.15, 0.2) is 0 Å². The molecule has 208 valence electrons. The quantitative estimate of drug-likeness (QED) is 0.260. The van der Waals surface area contributed by atoms with Crippen LogP contribution in [0.2, 0.25) is 0 Å². The van der Waals surface area contributed by atoms with Crippen molar-refractivity contribution in [3.63, 3.8) is 0 Å². The predicted molar refractivity (Wildman–Crippen MR) is 158 cm³/mol. The summed E-state index contributed by atoms with van der Waals surface area (Å²) in [6.07, 6.45) is 6.43. The summed E-state index contributed by atoms with van der Waals surface area (Å²) in [5.41, 5.74) is 5.56. The number of nitrogens with zero attached hydrogens (tertiary/aromatic N) is 1. The summed E-state index contributed by atoms with van der Waals surface area (Å²) >= 11 is 0. The average Bonchev–Trinajstić information content (AvgIpc) is 2.96. The highest BCUT2D eigenvalue weighted by Gasteiger charge is 2.29. The van der Waals surface area contributed by atoms with E-state index in [2.05, 4.69) is 43.4 Å². The van der Waals surface area contributed by atoms with Gasteiger partial charge in [-0.15, -0.1) is 0 Å². The van der Waals surface area contributed by atoms with Gasteiger partial charge in [-0.05, 0) is 112 Å². The first-order valence-corrected chi connectivity index (χ1v) is 14.5.